The second kappa shape index (κ2) is 2.01. The molecule has 2 heterocycles. The van der Waals surface area contributed by atoms with Crippen molar-refractivity contribution in [3.8, 4) is 0 Å². The number of guanidine groups is 1. The average molecular weight is 150 g/mol. The summed E-state index contributed by atoms with van der Waals surface area (Å²) in [5, 5.41) is 18.0. The zero-order valence-electron chi connectivity index (χ0n) is 5.64. The molecule has 0 fully saturated rings. The van der Waals surface area contributed by atoms with Gasteiger partial charge in [-0.1, -0.05) is 5.10 Å². The number of fused-ring (bicyclic) bond motifs is 1. The van der Waals surface area contributed by atoms with Crippen LogP contribution in [0.15, 0.2) is 34.8 Å². The van der Waals surface area contributed by atoms with Crippen LogP contribution in [0, 0.1) is 5.21 Å². The lowest BCUT2D eigenvalue weighted by Crippen LogP contribution is -2.41. The van der Waals surface area contributed by atoms with E-state index in [0.717, 1.165) is 0 Å². The Morgan fingerprint density at radius 2 is 2.45 bits per heavy atom. The Balaban J connectivity index is 2.42. The van der Waals surface area contributed by atoms with Gasteiger partial charge in [0.05, 0.1) is 12.4 Å². The van der Waals surface area contributed by atoms with E-state index >= 15 is 0 Å². The van der Waals surface area contributed by atoms with Crippen LogP contribution in [0.2, 0.25) is 0 Å². The molecule has 5 nitrogen and oxygen atoms in total. The second-order valence-electron chi connectivity index (χ2n) is 2.14. The summed E-state index contributed by atoms with van der Waals surface area (Å²) in [6.45, 7) is 0. The summed E-state index contributed by atoms with van der Waals surface area (Å²) in [6.07, 6.45) is 7.50. The maximum Gasteiger partial charge on any atom is 0.338 e. The highest BCUT2D eigenvalue weighted by molar-refractivity contribution is 5.81. The molecule has 0 aromatic carbocycles. The Bertz CT molecular complexity index is 291. The molecule has 1 unspecified atom stereocenters. The third-order valence-electron chi connectivity index (χ3n) is 1.40. The van der Waals surface area contributed by atoms with E-state index in [0.29, 0.717) is 0 Å². The molecule has 0 aromatic rings. The normalized spacial score (nSPS) is 32.6. The van der Waals surface area contributed by atoms with Crippen molar-refractivity contribution in [3.63, 3.8) is 0 Å². The summed E-state index contributed by atoms with van der Waals surface area (Å²) in [6, 6.07) is 0. The van der Waals surface area contributed by atoms with Gasteiger partial charge in [-0.3, -0.25) is 5.32 Å². The van der Waals surface area contributed by atoms with Crippen LogP contribution in [0.5, 0.6) is 0 Å². The topological polar surface area (TPSA) is 59.8 Å². The quantitative estimate of drug-likeness (QED) is 0.397. The van der Waals surface area contributed by atoms with Gasteiger partial charge in [0.25, 0.3) is 0 Å². The Hall–Kier alpha value is -1.46. The third kappa shape index (κ3) is 0.866. The average Bonchev–Trinajstić information content (AvgIpc) is 2.24. The number of hydrogen-bond donors (Lipinski definition) is 1. The highest BCUT2D eigenvalue weighted by atomic mass is 16.6. The molecule has 5 heteroatoms. The number of quaternary nitrogens is 1. The monoisotopic (exact) mass is 150 g/mol. The lowest BCUT2D eigenvalue weighted by atomic mass is 10.7. The van der Waals surface area contributed by atoms with Crippen molar-refractivity contribution in [2.75, 3.05) is 0 Å². The third-order valence-corrected chi connectivity index (χ3v) is 1.40. The van der Waals surface area contributed by atoms with Crippen LogP contribution in [0.3, 0.4) is 0 Å². The Morgan fingerprint density at radius 1 is 1.55 bits per heavy atom. The smallest absolute Gasteiger partial charge is 0.338 e. The summed E-state index contributed by atoms with van der Waals surface area (Å²) in [4.78, 5) is 3.81. The molecular weight excluding hydrogens is 144 g/mol. The maximum atomic E-state index is 11.5. The zero-order chi connectivity index (χ0) is 7.73. The van der Waals surface area contributed by atoms with Crippen LogP contribution >= 0.6 is 0 Å². The van der Waals surface area contributed by atoms with Gasteiger partial charge < -0.3 is 5.21 Å². The van der Waals surface area contributed by atoms with Crippen molar-refractivity contribution >= 4 is 12.2 Å². The van der Waals surface area contributed by atoms with Crippen LogP contribution in [-0.2, 0) is 0 Å². The predicted molar refractivity (Wildman–Crippen MR) is 41.0 cm³/mol. The van der Waals surface area contributed by atoms with Gasteiger partial charge in [-0.25, -0.2) is 0 Å². The summed E-state index contributed by atoms with van der Waals surface area (Å²) >= 11 is 0. The molecule has 2 aliphatic rings. The van der Waals surface area contributed by atoms with Gasteiger partial charge in [0, 0.05) is 6.20 Å². The first-order valence-corrected chi connectivity index (χ1v) is 3.14. The molecule has 1 N–H and O–H groups in total. The van der Waals surface area contributed by atoms with E-state index in [1.54, 1.807) is 12.3 Å². The van der Waals surface area contributed by atoms with E-state index < -0.39 is 4.76 Å². The lowest BCUT2D eigenvalue weighted by molar-refractivity contribution is -0.738. The molecule has 0 aromatic heterocycles. The van der Waals surface area contributed by atoms with E-state index in [2.05, 4.69) is 15.4 Å². The first-order chi connectivity index (χ1) is 5.31. The van der Waals surface area contributed by atoms with Gasteiger partial charge in [-0.2, -0.15) is 4.99 Å². The number of rotatable bonds is 0. The van der Waals surface area contributed by atoms with E-state index in [9.17, 15) is 5.21 Å². The van der Waals surface area contributed by atoms with Crippen molar-refractivity contribution in [3.05, 3.63) is 29.9 Å². The fourth-order valence-electron chi connectivity index (χ4n) is 0.874. The Morgan fingerprint density at radius 3 is 3.36 bits per heavy atom. The zero-order valence-corrected chi connectivity index (χ0v) is 5.64. The first kappa shape index (κ1) is 6.26. The minimum absolute atomic E-state index is 0.273. The number of nitrogens with one attached hydrogen (secondary N) is 1. The van der Waals surface area contributed by atoms with Gasteiger partial charge in [0.1, 0.15) is 6.20 Å². The maximum absolute atomic E-state index is 11.5. The van der Waals surface area contributed by atoms with Crippen LogP contribution in [0.4, 0.5) is 0 Å². The van der Waals surface area contributed by atoms with Crippen molar-refractivity contribution in [1.29, 1.82) is 0 Å². The van der Waals surface area contributed by atoms with E-state index in [1.807, 2.05) is 0 Å². The molecule has 2 aliphatic heterocycles. The van der Waals surface area contributed by atoms with Gasteiger partial charge in [-0.15, -0.1) is 4.76 Å². The second-order valence-corrected chi connectivity index (χ2v) is 2.14. The standard InChI is InChI=1S/C6H6N4O/c11-10-5-4-8-6(10)7-2-1-3-9-10/h1-5H,(H,7,8). The molecule has 0 saturated carbocycles. The number of hydroxylamine groups is 2. The van der Waals surface area contributed by atoms with E-state index in [1.165, 1.54) is 18.6 Å². The SMILES string of the molecule is [O-][N+]12C=CN=C1NC=CC=N2. The Kier molecular flexibility index (Phi) is 1.14. The Labute approximate surface area is 63.2 Å². The van der Waals surface area contributed by atoms with Gasteiger partial charge in [0.2, 0.25) is 0 Å². The summed E-state index contributed by atoms with van der Waals surface area (Å²) in [5.74, 6) is 0.273. The van der Waals surface area contributed by atoms with Crippen molar-refractivity contribution in [2.24, 2.45) is 10.1 Å². The fourth-order valence-corrected chi connectivity index (χ4v) is 0.874. The van der Waals surface area contributed by atoms with Gasteiger partial charge >= 0.3 is 5.96 Å². The molecule has 56 valence electrons. The van der Waals surface area contributed by atoms with Crippen molar-refractivity contribution in [1.82, 2.24) is 5.32 Å². The predicted octanol–water partition coefficient (Wildman–Crippen LogP) is 0.244. The first-order valence-electron chi connectivity index (χ1n) is 3.14. The van der Waals surface area contributed by atoms with Crippen LogP contribution in [0.1, 0.15) is 0 Å². The number of aliphatic imine (C=N–C) groups is 1. The highest BCUT2D eigenvalue weighted by Gasteiger charge is 2.26. The van der Waals surface area contributed by atoms with E-state index in [-0.39, 0.29) is 5.96 Å². The van der Waals surface area contributed by atoms with Gasteiger partial charge in [0.15, 0.2) is 0 Å². The van der Waals surface area contributed by atoms with Crippen molar-refractivity contribution < 1.29 is 4.76 Å². The van der Waals surface area contributed by atoms with E-state index in [4.69, 9.17) is 0 Å². The highest BCUT2D eigenvalue weighted by Crippen LogP contribution is 2.14. The molecule has 0 saturated heterocycles. The van der Waals surface area contributed by atoms with Crippen LogP contribution < -0.4 is 5.32 Å². The molecular formula is C6H6N4O. The summed E-state index contributed by atoms with van der Waals surface area (Å²) in [7, 11) is 0. The lowest BCUT2D eigenvalue weighted by Gasteiger charge is -2.26. The largest absolute Gasteiger partial charge is 0.592 e. The molecule has 0 amide bonds. The minimum Gasteiger partial charge on any atom is -0.592 e. The minimum atomic E-state index is -0.868. The molecule has 11 heavy (non-hydrogen) atoms. The number of hydrogen-bond acceptors (Lipinski definition) is 4. The number of nitrogens with zero attached hydrogens (tertiary/aromatic N) is 3. The summed E-state index contributed by atoms with van der Waals surface area (Å²) in [5.41, 5.74) is 0. The summed E-state index contributed by atoms with van der Waals surface area (Å²) < 4.78 is -0.868. The molecule has 1 atom stereocenters. The van der Waals surface area contributed by atoms with Crippen molar-refractivity contribution in [2.45, 2.75) is 0 Å². The molecule has 0 aliphatic carbocycles. The molecule has 0 bridgehead atoms. The van der Waals surface area contributed by atoms with Crippen LogP contribution in [-0.4, -0.2) is 16.9 Å². The number of allylic oxidation sites excluding steroid dienone is 1. The van der Waals surface area contributed by atoms with Crippen LogP contribution in [0.25, 0.3) is 0 Å². The molecule has 0 radical (unpaired) electrons. The van der Waals surface area contributed by atoms with Gasteiger partial charge in [-0.05, 0) is 6.08 Å². The molecule has 0 spiro atoms. The fraction of sp³-hybridized carbons (Fsp3) is 0. The molecule has 2 rings (SSSR count).